The summed E-state index contributed by atoms with van der Waals surface area (Å²) in [5, 5.41) is 18.2. The highest BCUT2D eigenvalue weighted by Gasteiger charge is 2.44. The molecule has 1 aliphatic heterocycles. The summed E-state index contributed by atoms with van der Waals surface area (Å²) >= 11 is 12.2. The quantitative estimate of drug-likeness (QED) is 0.406. The van der Waals surface area contributed by atoms with Gasteiger partial charge in [-0.25, -0.2) is 14.5 Å². The molecule has 1 atom stereocenters. The zero-order valence-electron chi connectivity index (χ0n) is 15.8. The number of hydrogen-bond acceptors (Lipinski definition) is 8. The molecule has 0 fully saturated rings. The van der Waals surface area contributed by atoms with Gasteiger partial charge in [-0.3, -0.25) is 10.2 Å². The summed E-state index contributed by atoms with van der Waals surface area (Å²) in [6, 6.07) is 3.17. The van der Waals surface area contributed by atoms with Crippen LogP contribution >= 0.6 is 23.2 Å². The number of nitrogens with one attached hydrogen (secondary N) is 3. The molecule has 4 heterocycles. The molecule has 0 unspecified atom stereocenters. The highest BCUT2D eigenvalue weighted by atomic mass is 35.5. The summed E-state index contributed by atoms with van der Waals surface area (Å²) in [4.78, 5) is 21.4. The van der Waals surface area contributed by atoms with Gasteiger partial charge in [0.05, 0.1) is 28.8 Å². The number of ether oxygens (including phenoxy) is 1. The van der Waals surface area contributed by atoms with E-state index in [4.69, 9.17) is 33.3 Å². The van der Waals surface area contributed by atoms with Gasteiger partial charge in [0.2, 0.25) is 0 Å². The molecule has 0 aliphatic carbocycles. The lowest BCUT2D eigenvalue weighted by molar-refractivity contribution is -0.135. The molecule has 3 N–H and O–H groups in total. The average Bonchev–Trinajstić information content (AvgIpc) is 3.19. The predicted molar refractivity (Wildman–Crippen MR) is 114 cm³/mol. The molecule has 1 aliphatic rings. The van der Waals surface area contributed by atoms with Gasteiger partial charge in [0, 0.05) is 24.0 Å². The fourth-order valence-corrected chi connectivity index (χ4v) is 3.64. The number of carbonyl (C=O) groups is 1. The Hall–Kier alpha value is -3.08. The van der Waals surface area contributed by atoms with Crippen LogP contribution in [-0.2, 0) is 15.1 Å². The zero-order valence-corrected chi connectivity index (χ0v) is 17.4. The van der Waals surface area contributed by atoms with Crippen molar-refractivity contribution in [3.05, 3.63) is 46.0 Å². The molecule has 0 bridgehead atoms. The molecule has 0 aromatic carbocycles. The molecule has 0 spiro atoms. The minimum Gasteiger partial charge on any atom is -0.351 e. The van der Waals surface area contributed by atoms with Gasteiger partial charge in [0.1, 0.15) is 5.60 Å². The van der Waals surface area contributed by atoms with E-state index in [1.54, 1.807) is 16.8 Å². The smallest absolute Gasteiger partial charge is 0.258 e. The number of rotatable bonds is 5. The second kappa shape index (κ2) is 7.63. The van der Waals surface area contributed by atoms with Gasteiger partial charge in [-0.15, -0.1) is 0 Å². The number of carbonyl (C=O) groups excluding carboxylic acids is 1. The number of pyridine rings is 1. The van der Waals surface area contributed by atoms with Gasteiger partial charge in [0.15, 0.2) is 22.7 Å². The first-order valence-electron chi connectivity index (χ1n) is 8.77. The Morgan fingerprint density at radius 2 is 2.13 bits per heavy atom. The first-order valence-corrected chi connectivity index (χ1v) is 9.53. The van der Waals surface area contributed by atoms with Crippen LogP contribution in [0, 0.1) is 5.41 Å². The maximum atomic E-state index is 13.0. The number of hydrazone groups is 1. The Morgan fingerprint density at radius 3 is 2.87 bits per heavy atom. The first kappa shape index (κ1) is 20.2. The van der Waals surface area contributed by atoms with Crippen LogP contribution in [0.15, 0.2) is 29.6 Å². The summed E-state index contributed by atoms with van der Waals surface area (Å²) in [6.07, 6.45) is 4.38. The Labute approximate surface area is 180 Å². The summed E-state index contributed by atoms with van der Waals surface area (Å²) in [6.45, 7) is 3.70. The molecule has 0 radical (unpaired) electrons. The van der Waals surface area contributed by atoms with Crippen molar-refractivity contribution in [2.75, 3.05) is 10.7 Å². The Kier molecular flexibility index (Phi) is 5.14. The van der Waals surface area contributed by atoms with Crippen LogP contribution in [0.25, 0.3) is 5.65 Å². The van der Waals surface area contributed by atoms with Crippen LogP contribution in [0.1, 0.15) is 31.2 Å². The van der Waals surface area contributed by atoms with E-state index >= 15 is 0 Å². The fourth-order valence-electron chi connectivity index (χ4n) is 3.25. The SMILES string of the molecule is CC1(C)O[C@@H](C(=O)Nc2cnc(N/N=C\C=N)c(Cl)c2)c2cnc3cc(Cl)nn3c21. The third-order valence-corrected chi connectivity index (χ3v) is 4.89. The number of halogens is 2. The van der Waals surface area contributed by atoms with E-state index in [-0.39, 0.29) is 5.02 Å². The molecule has 10 nitrogen and oxygen atoms in total. The average molecular weight is 447 g/mol. The van der Waals surface area contributed by atoms with Crippen molar-refractivity contribution in [1.29, 1.82) is 5.41 Å². The molecule has 154 valence electrons. The van der Waals surface area contributed by atoms with E-state index in [1.807, 2.05) is 13.8 Å². The van der Waals surface area contributed by atoms with E-state index in [1.165, 1.54) is 18.5 Å². The number of fused-ring (bicyclic) bond motifs is 3. The molecule has 0 saturated heterocycles. The number of amides is 1. The topological polar surface area (TPSA) is 130 Å². The molecule has 3 aromatic rings. The highest BCUT2D eigenvalue weighted by molar-refractivity contribution is 6.33. The zero-order chi connectivity index (χ0) is 21.5. The normalized spacial score (nSPS) is 17.3. The largest absolute Gasteiger partial charge is 0.351 e. The highest BCUT2D eigenvalue weighted by Crippen LogP contribution is 2.43. The second-order valence-corrected chi connectivity index (χ2v) is 7.70. The predicted octanol–water partition coefficient (Wildman–Crippen LogP) is 3.42. The fraction of sp³-hybridized carbons (Fsp3) is 0.222. The monoisotopic (exact) mass is 446 g/mol. The van der Waals surface area contributed by atoms with Gasteiger partial charge >= 0.3 is 0 Å². The molecule has 4 rings (SSSR count). The van der Waals surface area contributed by atoms with Crippen molar-refractivity contribution in [1.82, 2.24) is 19.6 Å². The van der Waals surface area contributed by atoms with Crippen molar-refractivity contribution >= 4 is 58.7 Å². The van der Waals surface area contributed by atoms with Crippen molar-refractivity contribution in [3.63, 3.8) is 0 Å². The first-order chi connectivity index (χ1) is 14.3. The van der Waals surface area contributed by atoms with Crippen molar-refractivity contribution in [2.45, 2.75) is 25.6 Å². The number of aromatic nitrogens is 4. The third-order valence-electron chi connectivity index (χ3n) is 4.41. The van der Waals surface area contributed by atoms with Gasteiger partial charge < -0.3 is 15.5 Å². The minimum absolute atomic E-state index is 0.248. The summed E-state index contributed by atoms with van der Waals surface area (Å²) < 4.78 is 7.62. The van der Waals surface area contributed by atoms with E-state index in [2.05, 4.69) is 30.9 Å². The van der Waals surface area contributed by atoms with E-state index in [0.29, 0.717) is 33.6 Å². The molecule has 1 amide bonds. The lowest BCUT2D eigenvalue weighted by Gasteiger charge is -2.20. The molecule has 30 heavy (non-hydrogen) atoms. The molecular weight excluding hydrogens is 431 g/mol. The van der Waals surface area contributed by atoms with Crippen LogP contribution in [0.2, 0.25) is 10.2 Å². The number of hydrogen-bond donors (Lipinski definition) is 3. The Morgan fingerprint density at radius 1 is 1.33 bits per heavy atom. The van der Waals surface area contributed by atoms with E-state index in [0.717, 1.165) is 6.21 Å². The van der Waals surface area contributed by atoms with Gasteiger partial charge in [-0.2, -0.15) is 10.2 Å². The Balaban J connectivity index is 1.60. The van der Waals surface area contributed by atoms with Gasteiger partial charge in [0.25, 0.3) is 5.91 Å². The molecule has 0 saturated carbocycles. The summed E-state index contributed by atoms with van der Waals surface area (Å²) in [5.74, 6) is -0.111. The molecule has 12 heteroatoms. The minimum atomic E-state index is -0.899. The Bertz CT molecular complexity index is 1190. The number of anilines is 2. The van der Waals surface area contributed by atoms with E-state index < -0.39 is 17.6 Å². The lowest BCUT2D eigenvalue weighted by atomic mass is 10.0. The standard InChI is InChI=1S/C18H16Cl2N8O2/c1-18(2)15-10(8-22-13-6-12(20)27-28(13)15)14(30-18)17(29)25-9-5-11(19)16(23-7-9)26-24-4-3-21/h3-8,14,21H,1-2H3,(H,23,26)(H,25,29)/b21-3?,24-4-/t14-/m1/s1. The van der Waals surface area contributed by atoms with Gasteiger partial charge in [-0.05, 0) is 19.9 Å². The number of nitrogens with zero attached hydrogens (tertiary/aromatic N) is 5. The van der Waals surface area contributed by atoms with Crippen LogP contribution in [-0.4, -0.2) is 37.9 Å². The van der Waals surface area contributed by atoms with Crippen molar-refractivity contribution < 1.29 is 9.53 Å². The molecular formula is C18H16Cl2N8O2. The third kappa shape index (κ3) is 3.60. The van der Waals surface area contributed by atoms with Crippen molar-refractivity contribution in [3.8, 4) is 0 Å². The summed E-state index contributed by atoms with van der Waals surface area (Å²) in [7, 11) is 0. The maximum Gasteiger partial charge on any atom is 0.258 e. The lowest BCUT2D eigenvalue weighted by Crippen LogP contribution is -2.24. The van der Waals surface area contributed by atoms with Gasteiger partial charge in [-0.1, -0.05) is 23.2 Å². The van der Waals surface area contributed by atoms with Crippen molar-refractivity contribution in [2.24, 2.45) is 5.10 Å². The maximum absolute atomic E-state index is 13.0. The van der Waals surface area contributed by atoms with Crippen LogP contribution < -0.4 is 10.7 Å². The second-order valence-electron chi connectivity index (χ2n) is 6.91. The van der Waals surface area contributed by atoms with E-state index in [9.17, 15) is 4.79 Å². The molecule has 3 aromatic heterocycles. The van der Waals surface area contributed by atoms with Crippen LogP contribution in [0.4, 0.5) is 11.5 Å². The summed E-state index contributed by atoms with van der Waals surface area (Å²) in [5.41, 5.74) is 4.08. The van der Waals surface area contributed by atoms with Crippen LogP contribution in [0.5, 0.6) is 0 Å². The van der Waals surface area contributed by atoms with Crippen LogP contribution in [0.3, 0.4) is 0 Å².